The molecule has 1 unspecified atom stereocenters. The Kier molecular flexibility index (Phi) is 3.40. The molecule has 112 valence electrons. The number of anilines is 1. The maximum Gasteiger partial charge on any atom is 0.261 e. The van der Waals surface area contributed by atoms with Crippen LogP contribution in [0.3, 0.4) is 0 Å². The third-order valence-electron chi connectivity index (χ3n) is 3.58. The second kappa shape index (κ2) is 5.10. The van der Waals surface area contributed by atoms with Crippen molar-refractivity contribution in [3.05, 3.63) is 24.2 Å². The van der Waals surface area contributed by atoms with E-state index in [2.05, 4.69) is 15.1 Å². The monoisotopic (exact) mass is 308 g/mol. The van der Waals surface area contributed by atoms with Gasteiger partial charge in [-0.3, -0.25) is 0 Å². The molecule has 0 aliphatic carbocycles. The lowest BCUT2D eigenvalue weighted by Crippen LogP contribution is -2.46. The van der Waals surface area contributed by atoms with Crippen molar-refractivity contribution in [2.24, 2.45) is 0 Å². The molecule has 1 atom stereocenters. The lowest BCUT2D eigenvalue weighted by molar-refractivity contribution is 0.425. The first kappa shape index (κ1) is 14.0. The average molecular weight is 308 g/mol. The van der Waals surface area contributed by atoms with Crippen LogP contribution < -0.4 is 4.90 Å². The molecule has 0 amide bonds. The van der Waals surface area contributed by atoms with Gasteiger partial charge in [0.2, 0.25) is 0 Å². The van der Waals surface area contributed by atoms with Gasteiger partial charge in [-0.05, 0) is 26.0 Å². The third-order valence-corrected chi connectivity index (χ3v) is 5.71. The number of aromatic nitrogens is 3. The van der Waals surface area contributed by atoms with E-state index < -0.39 is 15.1 Å². The molecule has 2 aromatic heterocycles. The van der Waals surface area contributed by atoms with Gasteiger partial charge in [-0.25, -0.2) is 13.4 Å². The standard InChI is InChI=1S/C13H16N4O3S/c1-9-8-17(6-7-21(9,18)19)12-11(4-3-5-14-12)13-15-10(2)16-20-13/h3-5,9H,6-8H2,1-2H3. The van der Waals surface area contributed by atoms with Crippen molar-refractivity contribution in [3.63, 3.8) is 0 Å². The maximum atomic E-state index is 11.8. The number of pyridine rings is 1. The maximum absolute atomic E-state index is 11.8. The van der Waals surface area contributed by atoms with Crippen LogP contribution in [-0.4, -0.2) is 47.6 Å². The minimum absolute atomic E-state index is 0.132. The number of hydrogen-bond acceptors (Lipinski definition) is 7. The zero-order chi connectivity index (χ0) is 15.0. The molecule has 3 heterocycles. The van der Waals surface area contributed by atoms with Gasteiger partial charge in [0.1, 0.15) is 5.82 Å². The van der Waals surface area contributed by atoms with E-state index in [0.29, 0.717) is 30.6 Å². The fourth-order valence-corrected chi connectivity index (χ4v) is 3.65. The molecule has 1 aliphatic rings. The molecular weight excluding hydrogens is 292 g/mol. The number of sulfone groups is 1. The Hall–Kier alpha value is -1.96. The highest BCUT2D eigenvalue weighted by Crippen LogP contribution is 2.29. The summed E-state index contributed by atoms with van der Waals surface area (Å²) >= 11 is 0. The van der Waals surface area contributed by atoms with E-state index in [1.165, 1.54) is 0 Å². The van der Waals surface area contributed by atoms with E-state index in [-0.39, 0.29) is 5.75 Å². The van der Waals surface area contributed by atoms with E-state index >= 15 is 0 Å². The van der Waals surface area contributed by atoms with E-state index in [9.17, 15) is 8.42 Å². The van der Waals surface area contributed by atoms with E-state index in [4.69, 9.17) is 4.52 Å². The second-order valence-corrected chi connectivity index (χ2v) is 7.68. The molecule has 7 nitrogen and oxygen atoms in total. The quantitative estimate of drug-likeness (QED) is 0.819. The van der Waals surface area contributed by atoms with Crippen molar-refractivity contribution in [2.75, 3.05) is 23.7 Å². The topological polar surface area (TPSA) is 89.2 Å². The van der Waals surface area contributed by atoms with Crippen LogP contribution in [0.1, 0.15) is 12.7 Å². The van der Waals surface area contributed by atoms with Crippen molar-refractivity contribution in [1.29, 1.82) is 0 Å². The van der Waals surface area contributed by atoms with Gasteiger partial charge in [0.15, 0.2) is 15.7 Å². The van der Waals surface area contributed by atoms with Gasteiger partial charge >= 0.3 is 0 Å². The first-order chi connectivity index (χ1) is 9.97. The average Bonchev–Trinajstić information content (AvgIpc) is 2.88. The number of hydrogen-bond donors (Lipinski definition) is 0. The summed E-state index contributed by atoms with van der Waals surface area (Å²) in [5.41, 5.74) is 0.726. The summed E-state index contributed by atoms with van der Waals surface area (Å²) in [7, 11) is -3.00. The third kappa shape index (κ3) is 2.63. The summed E-state index contributed by atoms with van der Waals surface area (Å²) in [5.74, 6) is 1.77. The molecule has 8 heteroatoms. The Labute approximate surface area is 122 Å². The molecular formula is C13H16N4O3S. The summed E-state index contributed by atoms with van der Waals surface area (Å²) in [4.78, 5) is 10.6. The molecule has 0 bridgehead atoms. The Bertz CT molecular complexity index is 756. The lowest BCUT2D eigenvalue weighted by Gasteiger charge is -2.32. The largest absolute Gasteiger partial charge is 0.354 e. The van der Waals surface area contributed by atoms with Crippen LogP contribution in [0.5, 0.6) is 0 Å². The molecule has 21 heavy (non-hydrogen) atoms. The number of aryl methyl sites for hydroxylation is 1. The molecule has 0 spiro atoms. The molecule has 1 aliphatic heterocycles. The summed E-state index contributed by atoms with van der Waals surface area (Å²) in [6.07, 6.45) is 1.68. The Balaban J connectivity index is 1.97. The van der Waals surface area contributed by atoms with Crippen LogP contribution in [0.2, 0.25) is 0 Å². The Morgan fingerprint density at radius 3 is 2.90 bits per heavy atom. The normalized spacial score (nSPS) is 21.4. The van der Waals surface area contributed by atoms with Crippen molar-refractivity contribution < 1.29 is 12.9 Å². The van der Waals surface area contributed by atoms with Crippen LogP contribution in [0.4, 0.5) is 5.82 Å². The van der Waals surface area contributed by atoms with E-state index in [0.717, 1.165) is 5.56 Å². The Morgan fingerprint density at radius 2 is 2.24 bits per heavy atom. The predicted octanol–water partition coefficient (Wildman–Crippen LogP) is 1.06. The zero-order valence-electron chi connectivity index (χ0n) is 11.9. The minimum Gasteiger partial charge on any atom is -0.354 e. The molecule has 0 N–H and O–H groups in total. The zero-order valence-corrected chi connectivity index (χ0v) is 12.7. The first-order valence-electron chi connectivity index (χ1n) is 6.69. The van der Waals surface area contributed by atoms with Crippen molar-refractivity contribution in [2.45, 2.75) is 19.1 Å². The smallest absolute Gasteiger partial charge is 0.261 e. The summed E-state index contributed by atoms with van der Waals surface area (Å²) < 4.78 is 28.9. The van der Waals surface area contributed by atoms with Crippen LogP contribution in [0.15, 0.2) is 22.9 Å². The lowest BCUT2D eigenvalue weighted by atomic mass is 10.2. The van der Waals surface area contributed by atoms with Gasteiger partial charge in [0.25, 0.3) is 5.89 Å². The van der Waals surface area contributed by atoms with Gasteiger partial charge in [-0.2, -0.15) is 4.98 Å². The van der Waals surface area contributed by atoms with Gasteiger partial charge in [-0.1, -0.05) is 5.16 Å². The second-order valence-electron chi connectivity index (χ2n) is 5.14. The van der Waals surface area contributed by atoms with Crippen molar-refractivity contribution >= 4 is 15.7 Å². The van der Waals surface area contributed by atoms with Gasteiger partial charge in [-0.15, -0.1) is 0 Å². The molecule has 1 saturated heterocycles. The van der Waals surface area contributed by atoms with Crippen LogP contribution in [0, 0.1) is 6.92 Å². The van der Waals surface area contributed by atoms with Crippen molar-refractivity contribution in [3.8, 4) is 11.5 Å². The van der Waals surface area contributed by atoms with Crippen LogP contribution in [0.25, 0.3) is 11.5 Å². The van der Waals surface area contributed by atoms with Gasteiger partial charge in [0, 0.05) is 19.3 Å². The predicted molar refractivity (Wildman–Crippen MR) is 77.7 cm³/mol. The van der Waals surface area contributed by atoms with E-state index in [1.807, 2.05) is 11.0 Å². The molecule has 2 aromatic rings. The number of rotatable bonds is 2. The van der Waals surface area contributed by atoms with Crippen molar-refractivity contribution in [1.82, 2.24) is 15.1 Å². The Morgan fingerprint density at radius 1 is 1.43 bits per heavy atom. The first-order valence-corrected chi connectivity index (χ1v) is 8.41. The highest BCUT2D eigenvalue weighted by atomic mass is 32.2. The highest BCUT2D eigenvalue weighted by Gasteiger charge is 2.31. The molecule has 0 radical (unpaired) electrons. The molecule has 0 aromatic carbocycles. The summed E-state index contributed by atoms with van der Waals surface area (Å²) in [5, 5.41) is 3.38. The highest BCUT2D eigenvalue weighted by molar-refractivity contribution is 7.92. The minimum atomic E-state index is -3.00. The fourth-order valence-electron chi connectivity index (χ4n) is 2.37. The summed E-state index contributed by atoms with van der Waals surface area (Å²) in [6.45, 7) is 4.31. The van der Waals surface area contributed by atoms with Crippen LogP contribution >= 0.6 is 0 Å². The number of nitrogens with zero attached hydrogens (tertiary/aromatic N) is 4. The summed E-state index contributed by atoms with van der Waals surface area (Å²) in [6, 6.07) is 3.64. The van der Waals surface area contributed by atoms with Gasteiger partial charge < -0.3 is 9.42 Å². The molecule has 3 rings (SSSR count). The molecule has 1 fully saturated rings. The van der Waals surface area contributed by atoms with E-state index in [1.54, 1.807) is 26.1 Å². The fraction of sp³-hybridized carbons (Fsp3) is 0.462. The SMILES string of the molecule is Cc1noc(-c2cccnc2N2CCS(=O)(=O)C(C)C2)n1. The molecule has 0 saturated carbocycles. The van der Waals surface area contributed by atoms with Gasteiger partial charge in [0.05, 0.1) is 16.6 Å². The van der Waals surface area contributed by atoms with Crippen LogP contribution in [-0.2, 0) is 9.84 Å².